The zero-order valence-corrected chi connectivity index (χ0v) is 17.3. The molecule has 0 bridgehead atoms. The van der Waals surface area contributed by atoms with Gasteiger partial charge in [0.25, 0.3) is 0 Å². The number of benzene rings is 2. The van der Waals surface area contributed by atoms with E-state index < -0.39 is 0 Å². The van der Waals surface area contributed by atoms with Gasteiger partial charge in [0.1, 0.15) is 0 Å². The van der Waals surface area contributed by atoms with E-state index in [4.69, 9.17) is 0 Å². The van der Waals surface area contributed by atoms with E-state index in [-0.39, 0.29) is 51.0 Å². The summed E-state index contributed by atoms with van der Waals surface area (Å²) >= 11 is 0. The van der Waals surface area contributed by atoms with Crippen LogP contribution in [0, 0.1) is 0 Å². The summed E-state index contributed by atoms with van der Waals surface area (Å²) in [4.78, 5) is 0. The van der Waals surface area contributed by atoms with Gasteiger partial charge in [0.15, 0.2) is 0 Å². The molecule has 0 aromatic heterocycles. The molecule has 1 aliphatic carbocycles. The minimum atomic E-state index is 0. The maximum atomic E-state index is 2.36. The Kier molecular flexibility index (Phi) is 7.80. The molecule has 0 spiro atoms. The van der Waals surface area contributed by atoms with Crippen LogP contribution in [-0.2, 0) is 26.2 Å². The van der Waals surface area contributed by atoms with Crippen molar-refractivity contribution in [3.05, 3.63) is 95.1 Å². The molecule has 0 heterocycles. The van der Waals surface area contributed by atoms with Gasteiger partial charge >= 0.3 is 26.2 Å². The van der Waals surface area contributed by atoms with Crippen LogP contribution in [0.2, 0.25) is 0 Å². The van der Waals surface area contributed by atoms with Crippen molar-refractivity contribution in [1.29, 1.82) is 0 Å². The summed E-state index contributed by atoms with van der Waals surface area (Å²) in [6.07, 6.45) is 2.36. The Morgan fingerprint density at radius 2 is 1.46 bits per heavy atom. The van der Waals surface area contributed by atoms with Crippen LogP contribution in [0.15, 0.2) is 78.4 Å². The fraction of sp³-hybridized carbons (Fsp3) is 0.0952. The van der Waals surface area contributed by atoms with Crippen molar-refractivity contribution in [2.24, 2.45) is 0 Å². The molecule has 0 nitrogen and oxygen atoms in total. The number of rotatable bonds is 2. The van der Waals surface area contributed by atoms with E-state index in [1.807, 2.05) is 0 Å². The van der Waals surface area contributed by atoms with Crippen molar-refractivity contribution in [2.45, 2.75) is 12.8 Å². The molecule has 24 heavy (non-hydrogen) atoms. The second-order valence-corrected chi connectivity index (χ2v) is 5.71. The molecular weight excluding hydrogens is 414 g/mol. The Bertz CT molecular complexity index is 805. The Morgan fingerprint density at radius 3 is 2.12 bits per heavy atom. The predicted octanol–water partition coefficient (Wildman–Crippen LogP) is -0.373. The standard InChI is InChI=1S/C21H17.2ClH.Zr/c1-15-14-20-18(16-8-3-2-4-9-16)12-7-13-19(20)21(15)17-10-5-6-11-17;;;/h2-14,21H,1H3;2*1H;/q-1;;;+3/p-2. The monoisotopic (exact) mass is 429 g/mol. The molecule has 1 atom stereocenters. The molecule has 0 N–H and O–H groups in total. The van der Waals surface area contributed by atoms with E-state index >= 15 is 0 Å². The number of hydrogen-bond acceptors (Lipinski definition) is 0. The summed E-state index contributed by atoms with van der Waals surface area (Å²) in [7, 11) is 0. The average Bonchev–Trinajstić information content (AvgIpc) is 3.14. The summed E-state index contributed by atoms with van der Waals surface area (Å²) in [5.74, 6) is 0.415. The Balaban J connectivity index is 0.000000960. The molecule has 3 aromatic carbocycles. The molecular formula is C21H17Cl2Zr. The van der Waals surface area contributed by atoms with Crippen LogP contribution >= 0.6 is 0 Å². The molecule has 0 fully saturated rings. The van der Waals surface area contributed by atoms with Gasteiger partial charge in [-0.2, -0.15) is 12.1 Å². The smallest absolute Gasteiger partial charge is 1.00 e. The third-order valence-electron chi connectivity index (χ3n) is 4.38. The Hall–Kier alpha value is -1.01. The van der Waals surface area contributed by atoms with Gasteiger partial charge in [0.05, 0.1) is 0 Å². The predicted molar refractivity (Wildman–Crippen MR) is 89.4 cm³/mol. The quantitative estimate of drug-likeness (QED) is 0.486. The van der Waals surface area contributed by atoms with Crippen molar-refractivity contribution >= 4 is 6.08 Å². The third kappa shape index (κ3) is 3.64. The second kappa shape index (κ2) is 8.90. The van der Waals surface area contributed by atoms with Crippen molar-refractivity contribution < 1.29 is 51.0 Å². The van der Waals surface area contributed by atoms with Crippen LogP contribution in [0.5, 0.6) is 0 Å². The van der Waals surface area contributed by atoms with Crippen LogP contribution in [-0.4, -0.2) is 0 Å². The zero-order valence-electron chi connectivity index (χ0n) is 13.3. The minimum Gasteiger partial charge on any atom is -1.00 e. The summed E-state index contributed by atoms with van der Waals surface area (Å²) < 4.78 is 0. The molecule has 3 heteroatoms. The molecule has 0 amide bonds. The first kappa shape index (κ1) is 21.0. The first-order chi connectivity index (χ1) is 10.3. The van der Waals surface area contributed by atoms with Gasteiger partial charge in [-0.05, 0) is 35.1 Å². The van der Waals surface area contributed by atoms with E-state index in [1.165, 1.54) is 33.4 Å². The first-order valence-electron chi connectivity index (χ1n) is 7.43. The number of fused-ring (bicyclic) bond motifs is 1. The van der Waals surface area contributed by atoms with Crippen LogP contribution in [0.4, 0.5) is 0 Å². The molecule has 0 aliphatic heterocycles. The second-order valence-electron chi connectivity index (χ2n) is 5.71. The van der Waals surface area contributed by atoms with Gasteiger partial charge in [-0.1, -0.05) is 60.2 Å². The first-order valence-corrected chi connectivity index (χ1v) is 7.43. The maximum Gasteiger partial charge on any atom is 3.00 e. The summed E-state index contributed by atoms with van der Waals surface area (Å²) in [6, 6.07) is 26.1. The molecule has 1 radical (unpaired) electrons. The Labute approximate surface area is 175 Å². The molecule has 1 unspecified atom stereocenters. The maximum absolute atomic E-state index is 2.36. The average molecular weight is 431 g/mol. The topological polar surface area (TPSA) is 0 Å². The van der Waals surface area contributed by atoms with Gasteiger partial charge in [0.2, 0.25) is 0 Å². The number of halogens is 2. The molecule has 119 valence electrons. The van der Waals surface area contributed by atoms with Crippen LogP contribution < -0.4 is 24.8 Å². The SMILES string of the molecule is CC1=Cc2c(-c3ccccc3)cccc2C1[c-]1cccc1.[Cl-].[Cl-].[Zr+3]. The molecule has 0 saturated carbocycles. The summed E-state index contributed by atoms with van der Waals surface area (Å²) in [6.45, 7) is 2.24. The van der Waals surface area contributed by atoms with Crippen molar-refractivity contribution in [3.63, 3.8) is 0 Å². The van der Waals surface area contributed by atoms with Gasteiger partial charge in [-0.15, -0.1) is 5.56 Å². The molecule has 1 aliphatic rings. The fourth-order valence-electron chi connectivity index (χ4n) is 3.45. The summed E-state index contributed by atoms with van der Waals surface area (Å²) in [5.41, 5.74) is 8.27. The third-order valence-corrected chi connectivity index (χ3v) is 4.38. The molecule has 3 aromatic rings. The van der Waals surface area contributed by atoms with E-state index in [0.29, 0.717) is 5.92 Å². The minimum absolute atomic E-state index is 0. The van der Waals surface area contributed by atoms with E-state index in [0.717, 1.165) is 0 Å². The van der Waals surface area contributed by atoms with E-state index in [1.54, 1.807) is 0 Å². The van der Waals surface area contributed by atoms with Gasteiger partial charge in [-0.3, -0.25) is 0 Å². The van der Waals surface area contributed by atoms with E-state index in [2.05, 4.69) is 85.8 Å². The number of allylic oxidation sites excluding steroid dienone is 1. The Morgan fingerprint density at radius 1 is 0.792 bits per heavy atom. The van der Waals surface area contributed by atoms with Gasteiger partial charge < -0.3 is 24.8 Å². The van der Waals surface area contributed by atoms with Gasteiger partial charge in [-0.25, -0.2) is 12.1 Å². The van der Waals surface area contributed by atoms with Crippen molar-refractivity contribution in [1.82, 2.24) is 0 Å². The molecule has 4 rings (SSSR count). The van der Waals surface area contributed by atoms with Gasteiger partial charge in [0, 0.05) is 0 Å². The largest absolute Gasteiger partial charge is 3.00 e. The van der Waals surface area contributed by atoms with Crippen LogP contribution in [0.1, 0.15) is 29.5 Å². The van der Waals surface area contributed by atoms with Crippen LogP contribution in [0.25, 0.3) is 17.2 Å². The van der Waals surface area contributed by atoms with Crippen LogP contribution in [0.3, 0.4) is 0 Å². The van der Waals surface area contributed by atoms with Crippen molar-refractivity contribution in [2.75, 3.05) is 0 Å². The number of hydrogen-bond donors (Lipinski definition) is 0. The summed E-state index contributed by atoms with van der Waals surface area (Å²) in [5, 5.41) is 0. The fourth-order valence-corrected chi connectivity index (χ4v) is 3.45. The molecule has 0 saturated heterocycles. The zero-order chi connectivity index (χ0) is 14.2. The normalized spacial score (nSPS) is 14.5. The van der Waals surface area contributed by atoms with E-state index in [9.17, 15) is 0 Å². The van der Waals surface area contributed by atoms with Crippen molar-refractivity contribution in [3.8, 4) is 11.1 Å².